The molecule has 0 saturated carbocycles. The smallest absolute Gasteiger partial charge is 0.326 e. The van der Waals surface area contributed by atoms with Gasteiger partial charge >= 0.3 is 5.97 Å². The fourth-order valence-corrected chi connectivity index (χ4v) is 5.07. The minimum atomic E-state index is -1.04. The van der Waals surface area contributed by atoms with Crippen LogP contribution in [0.3, 0.4) is 0 Å². The molecule has 6 nitrogen and oxygen atoms in total. The molecule has 1 atom stereocenters. The SMILES string of the molecule is CSCCC(NC(=O)c1ccc(SC(=S)Nc2nccs2)cc1-c1ccccc1)C(=O)O. The topological polar surface area (TPSA) is 91.3 Å². The zero-order valence-electron chi connectivity index (χ0n) is 17.1. The molecule has 0 aliphatic rings. The number of nitrogens with one attached hydrogen (secondary N) is 2. The second-order valence-electron chi connectivity index (χ2n) is 6.57. The molecule has 2 aromatic carbocycles. The number of carbonyl (C=O) groups is 2. The number of rotatable bonds is 9. The van der Waals surface area contributed by atoms with Crippen LogP contribution in [0.1, 0.15) is 16.8 Å². The molecule has 1 unspecified atom stereocenters. The van der Waals surface area contributed by atoms with E-state index in [0.29, 0.717) is 32.8 Å². The molecule has 0 radical (unpaired) electrons. The van der Waals surface area contributed by atoms with Crippen molar-refractivity contribution in [2.24, 2.45) is 0 Å². The first-order valence-corrected chi connectivity index (χ1v) is 13.1. The van der Waals surface area contributed by atoms with Gasteiger partial charge in [0.25, 0.3) is 5.91 Å². The number of benzene rings is 2. The molecule has 3 aromatic rings. The van der Waals surface area contributed by atoms with E-state index in [1.54, 1.807) is 18.3 Å². The van der Waals surface area contributed by atoms with Crippen LogP contribution in [0.15, 0.2) is 65.0 Å². The Balaban J connectivity index is 1.86. The lowest BCUT2D eigenvalue weighted by Crippen LogP contribution is -2.41. The number of aromatic nitrogens is 1. The Kier molecular flexibility index (Phi) is 9.10. The van der Waals surface area contributed by atoms with E-state index in [2.05, 4.69) is 15.6 Å². The van der Waals surface area contributed by atoms with Crippen molar-refractivity contribution in [1.82, 2.24) is 10.3 Å². The van der Waals surface area contributed by atoms with E-state index in [1.807, 2.05) is 48.0 Å². The number of nitrogens with zero attached hydrogens (tertiary/aromatic N) is 1. The van der Waals surface area contributed by atoms with Gasteiger partial charge in [-0.2, -0.15) is 11.8 Å². The largest absolute Gasteiger partial charge is 0.480 e. The van der Waals surface area contributed by atoms with E-state index < -0.39 is 17.9 Å². The number of carbonyl (C=O) groups excluding carboxylic acids is 1. The van der Waals surface area contributed by atoms with Crippen molar-refractivity contribution in [1.29, 1.82) is 0 Å². The average Bonchev–Trinajstić information content (AvgIpc) is 3.29. The molecule has 32 heavy (non-hydrogen) atoms. The fourth-order valence-electron chi connectivity index (χ4n) is 2.88. The predicted octanol–water partition coefficient (Wildman–Crippen LogP) is 5.24. The number of carboxylic acid groups (broad SMARTS) is 1. The Morgan fingerprint density at radius 3 is 2.66 bits per heavy atom. The van der Waals surface area contributed by atoms with Crippen LogP contribution in [0, 0.1) is 0 Å². The van der Waals surface area contributed by atoms with Gasteiger partial charge in [0.2, 0.25) is 0 Å². The Hall–Kier alpha value is -2.40. The van der Waals surface area contributed by atoms with E-state index in [4.69, 9.17) is 12.2 Å². The summed E-state index contributed by atoms with van der Waals surface area (Å²) in [4.78, 5) is 29.6. The number of hydrogen-bond acceptors (Lipinski definition) is 7. The number of thiazole rings is 1. The van der Waals surface area contributed by atoms with Crippen molar-refractivity contribution in [2.45, 2.75) is 17.4 Å². The normalized spacial score (nSPS) is 11.5. The first-order chi connectivity index (χ1) is 15.5. The molecule has 0 bridgehead atoms. The van der Waals surface area contributed by atoms with E-state index in [-0.39, 0.29) is 0 Å². The number of carboxylic acids is 1. The molecule has 166 valence electrons. The molecule has 0 spiro atoms. The van der Waals surface area contributed by atoms with Gasteiger partial charge in [0.15, 0.2) is 5.13 Å². The summed E-state index contributed by atoms with van der Waals surface area (Å²) >= 11 is 9.78. The van der Waals surface area contributed by atoms with Crippen LogP contribution in [-0.4, -0.2) is 44.3 Å². The number of amides is 1. The molecule has 3 N–H and O–H groups in total. The molecule has 0 saturated heterocycles. The molecule has 0 aliphatic heterocycles. The van der Waals surface area contributed by atoms with Gasteiger partial charge in [-0.3, -0.25) is 4.79 Å². The standard InChI is InChI=1S/C22H21N3O3S4/c1-30-11-9-18(20(27)28)24-19(26)16-8-7-15(13-17(16)14-5-3-2-4-6-14)32-22(29)25-21-23-10-12-31-21/h2-8,10,12-13,18H,9,11H2,1H3,(H,24,26)(H,27,28)(H,23,25,29). The Morgan fingerprint density at radius 2 is 2.00 bits per heavy atom. The molecule has 0 fully saturated rings. The average molecular weight is 504 g/mol. The van der Waals surface area contributed by atoms with Crippen LogP contribution in [0.2, 0.25) is 0 Å². The summed E-state index contributed by atoms with van der Waals surface area (Å²) in [6.07, 6.45) is 3.96. The Labute approximate surface area is 204 Å². The number of hydrogen-bond donors (Lipinski definition) is 3. The summed E-state index contributed by atoms with van der Waals surface area (Å²) in [5, 5.41) is 17.8. The summed E-state index contributed by atoms with van der Waals surface area (Å²) < 4.78 is 0.541. The van der Waals surface area contributed by atoms with Crippen LogP contribution in [-0.2, 0) is 4.79 Å². The number of anilines is 1. The van der Waals surface area contributed by atoms with Crippen LogP contribution < -0.4 is 10.6 Å². The van der Waals surface area contributed by atoms with Crippen molar-refractivity contribution in [3.63, 3.8) is 0 Å². The van der Waals surface area contributed by atoms with E-state index in [1.165, 1.54) is 34.9 Å². The van der Waals surface area contributed by atoms with Gasteiger partial charge in [0.1, 0.15) is 10.4 Å². The predicted molar refractivity (Wildman–Crippen MR) is 138 cm³/mol. The third-order valence-corrected chi connectivity index (χ3v) is 6.85. The first kappa shape index (κ1) is 24.2. The lowest BCUT2D eigenvalue weighted by atomic mass is 9.99. The molecule has 1 aromatic heterocycles. The zero-order chi connectivity index (χ0) is 22.9. The first-order valence-electron chi connectivity index (χ1n) is 9.58. The maximum atomic E-state index is 13.0. The third kappa shape index (κ3) is 6.80. The highest BCUT2D eigenvalue weighted by Crippen LogP contribution is 2.30. The van der Waals surface area contributed by atoms with E-state index >= 15 is 0 Å². The quantitative estimate of drug-likeness (QED) is 0.270. The maximum Gasteiger partial charge on any atom is 0.326 e. The minimum absolute atomic E-state index is 0.355. The second kappa shape index (κ2) is 12.0. The summed E-state index contributed by atoms with van der Waals surface area (Å²) in [6, 6.07) is 14.0. The van der Waals surface area contributed by atoms with Crippen molar-refractivity contribution in [2.75, 3.05) is 17.3 Å². The number of thiocarbonyl (C=S) groups is 1. The number of aliphatic carboxylic acids is 1. The minimum Gasteiger partial charge on any atom is -0.480 e. The fraction of sp³-hybridized carbons (Fsp3) is 0.182. The second-order valence-corrected chi connectivity index (χ2v) is 10.2. The highest BCUT2D eigenvalue weighted by atomic mass is 32.2. The van der Waals surface area contributed by atoms with E-state index in [9.17, 15) is 14.7 Å². The van der Waals surface area contributed by atoms with Crippen LogP contribution in [0.4, 0.5) is 5.13 Å². The molecular weight excluding hydrogens is 483 g/mol. The van der Waals surface area contributed by atoms with Crippen LogP contribution in [0.25, 0.3) is 11.1 Å². The van der Waals surface area contributed by atoms with Gasteiger partial charge in [-0.15, -0.1) is 11.3 Å². The van der Waals surface area contributed by atoms with Crippen LogP contribution >= 0.6 is 47.1 Å². The summed E-state index contributed by atoms with van der Waals surface area (Å²) in [5.74, 6) is -0.820. The Bertz CT molecular complexity index is 1080. The lowest BCUT2D eigenvalue weighted by molar-refractivity contribution is -0.139. The van der Waals surface area contributed by atoms with Crippen molar-refractivity contribution < 1.29 is 14.7 Å². The summed E-state index contributed by atoms with van der Waals surface area (Å²) in [5.41, 5.74) is 1.98. The highest BCUT2D eigenvalue weighted by Gasteiger charge is 2.22. The molecular formula is C22H21N3O3S4. The zero-order valence-corrected chi connectivity index (χ0v) is 20.4. The van der Waals surface area contributed by atoms with Gasteiger partial charge in [0.05, 0.1) is 0 Å². The Morgan fingerprint density at radius 1 is 1.22 bits per heavy atom. The van der Waals surface area contributed by atoms with Gasteiger partial charge < -0.3 is 15.7 Å². The third-order valence-electron chi connectivity index (χ3n) is 4.39. The molecule has 1 heterocycles. The van der Waals surface area contributed by atoms with Crippen molar-refractivity contribution in [3.8, 4) is 11.1 Å². The summed E-state index contributed by atoms with van der Waals surface area (Å²) in [7, 11) is 0. The van der Waals surface area contributed by atoms with Gasteiger partial charge in [0, 0.05) is 22.0 Å². The monoisotopic (exact) mass is 503 g/mol. The highest BCUT2D eigenvalue weighted by molar-refractivity contribution is 8.23. The molecule has 10 heteroatoms. The summed E-state index contributed by atoms with van der Waals surface area (Å²) in [6.45, 7) is 0. The molecule has 1 amide bonds. The molecule has 3 rings (SSSR count). The van der Waals surface area contributed by atoms with Crippen molar-refractivity contribution in [3.05, 3.63) is 65.7 Å². The van der Waals surface area contributed by atoms with Gasteiger partial charge in [-0.25, -0.2) is 9.78 Å². The van der Waals surface area contributed by atoms with Crippen molar-refractivity contribution >= 4 is 68.4 Å². The van der Waals surface area contributed by atoms with E-state index in [0.717, 1.165) is 10.5 Å². The van der Waals surface area contributed by atoms with Crippen LogP contribution in [0.5, 0.6) is 0 Å². The molecule has 0 aliphatic carbocycles. The lowest BCUT2D eigenvalue weighted by Gasteiger charge is -2.17. The van der Waals surface area contributed by atoms with Gasteiger partial charge in [-0.05, 0) is 47.8 Å². The maximum absolute atomic E-state index is 13.0. The van der Waals surface area contributed by atoms with Gasteiger partial charge in [-0.1, -0.05) is 54.3 Å². The number of thioether (sulfide) groups is 2.